The Morgan fingerprint density at radius 1 is 0.818 bits per heavy atom. The number of piperazine rings is 1. The van der Waals surface area contributed by atoms with Crippen molar-refractivity contribution in [3.05, 3.63) is 58.1 Å². The number of sulfonamides is 1. The molecule has 0 N–H and O–H groups in total. The van der Waals surface area contributed by atoms with E-state index in [4.69, 9.17) is 0 Å². The fraction of sp³-hybridized carbons (Fsp3) is 0.440. The van der Waals surface area contributed by atoms with Gasteiger partial charge in [-0.1, -0.05) is 35.9 Å². The number of carbonyl (C=O) groups is 2. The topological polar surface area (TPSA) is 78.0 Å². The maximum atomic E-state index is 13.4. The van der Waals surface area contributed by atoms with Crippen molar-refractivity contribution in [1.29, 1.82) is 0 Å². The molecule has 8 heteroatoms. The van der Waals surface area contributed by atoms with E-state index in [0.29, 0.717) is 23.7 Å². The van der Waals surface area contributed by atoms with Crippen LogP contribution < -0.4 is 4.90 Å². The lowest BCUT2D eigenvalue weighted by molar-refractivity contribution is -0.123. The van der Waals surface area contributed by atoms with Gasteiger partial charge in [0.15, 0.2) is 0 Å². The Balaban J connectivity index is 1.51. The Morgan fingerprint density at radius 2 is 1.36 bits per heavy atom. The molecule has 0 saturated carbocycles. The second kappa shape index (κ2) is 8.66. The number of carbonyl (C=O) groups excluding carboxylic acids is 2. The van der Waals surface area contributed by atoms with Crippen LogP contribution >= 0.6 is 0 Å². The van der Waals surface area contributed by atoms with E-state index < -0.39 is 16.1 Å². The van der Waals surface area contributed by atoms with Crippen LogP contribution in [0.1, 0.15) is 34.2 Å². The Labute approximate surface area is 196 Å². The van der Waals surface area contributed by atoms with Crippen molar-refractivity contribution in [3.8, 4) is 0 Å². The van der Waals surface area contributed by atoms with Crippen molar-refractivity contribution in [2.45, 2.75) is 52.0 Å². The molecule has 1 atom stereocenters. The summed E-state index contributed by atoms with van der Waals surface area (Å²) >= 11 is 0. The standard InChI is InChI=1S/C25H31N3O4S/c1-16-13-19(4)24(20(5)14-16)33(31,32)27-11-9-26(10-12-27)21-15-22(29)28(25(21)30)23-17(2)7-6-8-18(23)3/h6-8,13-14,21H,9-12,15H2,1-5H3. The van der Waals surface area contributed by atoms with Crippen LogP contribution in [-0.2, 0) is 19.6 Å². The number of anilines is 1. The number of hydrogen-bond donors (Lipinski definition) is 0. The second-order valence-corrected chi connectivity index (χ2v) is 11.1. The van der Waals surface area contributed by atoms with Crippen LogP contribution in [0, 0.1) is 34.6 Å². The van der Waals surface area contributed by atoms with E-state index in [1.165, 1.54) is 9.21 Å². The molecule has 7 nitrogen and oxygen atoms in total. The molecular formula is C25H31N3O4S. The zero-order valence-electron chi connectivity index (χ0n) is 19.9. The van der Waals surface area contributed by atoms with Crippen molar-refractivity contribution >= 4 is 27.5 Å². The smallest absolute Gasteiger partial charge is 0.251 e. The molecule has 2 aliphatic rings. The Hall–Kier alpha value is -2.55. The van der Waals surface area contributed by atoms with Gasteiger partial charge in [-0.3, -0.25) is 14.5 Å². The fourth-order valence-corrected chi connectivity index (χ4v) is 7.09. The number of rotatable bonds is 4. The second-order valence-electron chi connectivity index (χ2n) is 9.20. The first-order valence-electron chi connectivity index (χ1n) is 11.3. The maximum absolute atomic E-state index is 13.4. The minimum atomic E-state index is -3.63. The third-order valence-electron chi connectivity index (χ3n) is 6.70. The van der Waals surface area contributed by atoms with E-state index in [1.54, 1.807) is 0 Å². The molecule has 0 spiro atoms. The average Bonchev–Trinajstić information content (AvgIpc) is 3.01. The molecule has 2 aromatic carbocycles. The summed E-state index contributed by atoms with van der Waals surface area (Å²) in [6, 6.07) is 8.93. The van der Waals surface area contributed by atoms with Crippen LogP contribution in [0.3, 0.4) is 0 Å². The summed E-state index contributed by atoms with van der Waals surface area (Å²) < 4.78 is 28.2. The van der Waals surface area contributed by atoms with Crippen molar-refractivity contribution in [2.75, 3.05) is 31.1 Å². The minimum Gasteiger partial charge on any atom is -0.289 e. The number of hydrogen-bond acceptors (Lipinski definition) is 5. The van der Waals surface area contributed by atoms with E-state index >= 15 is 0 Å². The predicted octanol–water partition coefficient (Wildman–Crippen LogP) is 2.87. The van der Waals surface area contributed by atoms with Gasteiger partial charge in [-0.25, -0.2) is 13.3 Å². The molecule has 2 aromatic rings. The number of imide groups is 1. The highest BCUT2D eigenvalue weighted by Gasteiger charge is 2.45. The van der Waals surface area contributed by atoms with Crippen LogP contribution in [0.4, 0.5) is 5.69 Å². The summed E-state index contributed by atoms with van der Waals surface area (Å²) in [5.74, 6) is -0.428. The third kappa shape index (κ3) is 4.11. The first-order chi connectivity index (χ1) is 15.5. The summed E-state index contributed by atoms with van der Waals surface area (Å²) in [5.41, 5.74) is 4.97. The number of benzene rings is 2. The van der Waals surface area contributed by atoms with Gasteiger partial charge in [-0.05, 0) is 56.9 Å². The van der Waals surface area contributed by atoms with Gasteiger partial charge >= 0.3 is 0 Å². The van der Waals surface area contributed by atoms with Crippen LogP contribution in [0.5, 0.6) is 0 Å². The lowest BCUT2D eigenvalue weighted by Gasteiger charge is -2.36. The van der Waals surface area contributed by atoms with Crippen molar-refractivity contribution < 1.29 is 18.0 Å². The molecule has 2 amide bonds. The van der Waals surface area contributed by atoms with Crippen LogP contribution in [0.25, 0.3) is 0 Å². The van der Waals surface area contributed by atoms with Crippen LogP contribution in [0.15, 0.2) is 35.2 Å². The van der Waals surface area contributed by atoms with Crippen LogP contribution in [-0.4, -0.2) is 61.7 Å². The average molecular weight is 470 g/mol. The monoisotopic (exact) mass is 469 g/mol. The summed E-state index contributed by atoms with van der Waals surface area (Å²) in [4.78, 5) is 29.7. The third-order valence-corrected chi connectivity index (χ3v) is 8.91. The Bertz CT molecular complexity index is 1190. The highest BCUT2D eigenvalue weighted by atomic mass is 32.2. The molecule has 0 aromatic heterocycles. The van der Waals surface area contributed by atoms with Gasteiger partial charge in [0.05, 0.1) is 23.0 Å². The van der Waals surface area contributed by atoms with E-state index in [-0.39, 0.29) is 31.3 Å². The first kappa shape index (κ1) is 23.6. The molecule has 0 bridgehead atoms. The highest BCUT2D eigenvalue weighted by molar-refractivity contribution is 7.89. The van der Waals surface area contributed by atoms with E-state index in [1.807, 2.05) is 69.9 Å². The molecule has 2 aliphatic heterocycles. The van der Waals surface area contributed by atoms with Gasteiger partial charge in [-0.15, -0.1) is 0 Å². The molecule has 2 fully saturated rings. The molecule has 2 saturated heterocycles. The SMILES string of the molecule is Cc1cc(C)c(S(=O)(=O)N2CCN(C3CC(=O)N(c4c(C)cccc4C)C3=O)CC2)c(C)c1. The number of nitrogens with zero attached hydrogens (tertiary/aromatic N) is 3. The summed E-state index contributed by atoms with van der Waals surface area (Å²) in [5, 5.41) is 0. The normalized spacial score (nSPS) is 20.6. The molecule has 2 heterocycles. The zero-order chi connectivity index (χ0) is 24.1. The van der Waals surface area contributed by atoms with Crippen LogP contribution in [0.2, 0.25) is 0 Å². The van der Waals surface area contributed by atoms with Gasteiger partial charge in [0, 0.05) is 26.2 Å². The molecular weight excluding hydrogens is 438 g/mol. The molecule has 176 valence electrons. The summed E-state index contributed by atoms with van der Waals surface area (Å²) in [6.45, 7) is 10.8. The number of para-hydroxylation sites is 1. The van der Waals surface area contributed by atoms with Crippen molar-refractivity contribution in [2.24, 2.45) is 0 Å². The molecule has 4 rings (SSSR count). The summed E-state index contributed by atoms with van der Waals surface area (Å²) in [6.07, 6.45) is 0.121. The summed E-state index contributed by atoms with van der Waals surface area (Å²) in [7, 11) is -3.63. The van der Waals surface area contributed by atoms with E-state index in [2.05, 4.69) is 0 Å². The lowest BCUT2D eigenvalue weighted by atomic mass is 10.1. The molecule has 1 unspecified atom stereocenters. The number of amides is 2. The lowest BCUT2D eigenvalue weighted by Crippen LogP contribution is -2.53. The van der Waals surface area contributed by atoms with Crippen molar-refractivity contribution in [3.63, 3.8) is 0 Å². The minimum absolute atomic E-state index is 0.121. The van der Waals surface area contributed by atoms with Gasteiger partial charge in [0.25, 0.3) is 5.91 Å². The van der Waals surface area contributed by atoms with Gasteiger partial charge in [0.1, 0.15) is 0 Å². The first-order valence-corrected chi connectivity index (χ1v) is 12.7. The molecule has 0 radical (unpaired) electrons. The van der Waals surface area contributed by atoms with Gasteiger partial charge in [-0.2, -0.15) is 4.31 Å². The molecule has 33 heavy (non-hydrogen) atoms. The zero-order valence-corrected chi connectivity index (χ0v) is 20.7. The Morgan fingerprint density at radius 3 is 1.91 bits per heavy atom. The Kier molecular flexibility index (Phi) is 6.20. The van der Waals surface area contributed by atoms with Gasteiger partial charge in [0.2, 0.25) is 15.9 Å². The number of aryl methyl sites for hydroxylation is 5. The van der Waals surface area contributed by atoms with E-state index in [0.717, 1.165) is 27.8 Å². The van der Waals surface area contributed by atoms with E-state index in [9.17, 15) is 18.0 Å². The van der Waals surface area contributed by atoms with Gasteiger partial charge < -0.3 is 0 Å². The maximum Gasteiger partial charge on any atom is 0.251 e. The molecule has 0 aliphatic carbocycles. The van der Waals surface area contributed by atoms with Crippen molar-refractivity contribution in [1.82, 2.24) is 9.21 Å². The highest BCUT2D eigenvalue weighted by Crippen LogP contribution is 2.32. The predicted molar refractivity (Wildman–Crippen MR) is 128 cm³/mol. The fourth-order valence-electron chi connectivity index (χ4n) is 5.25. The largest absolute Gasteiger partial charge is 0.289 e. The quantitative estimate of drug-likeness (QED) is 0.644.